The van der Waals surface area contributed by atoms with Gasteiger partial charge in [0.25, 0.3) is 0 Å². The number of hydrogen-bond acceptors (Lipinski definition) is 3. The number of furan rings is 1. The van der Waals surface area contributed by atoms with E-state index in [9.17, 15) is 14.3 Å². The van der Waals surface area contributed by atoms with Crippen LogP contribution >= 0.6 is 0 Å². The summed E-state index contributed by atoms with van der Waals surface area (Å²) in [4.78, 5) is 14.3. The van der Waals surface area contributed by atoms with Gasteiger partial charge in [0.2, 0.25) is 0 Å². The van der Waals surface area contributed by atoms with Crippen LogP contribution in [0.25, 0.3) is 0 Å². The summed E-state index contributed by atoms with van der Waals surface area (Å²) in [7, 11) is 0. The number of aliphatic hydroxyl groups is 1. The van der Waals surface area contributed by atoms with Crippen molar-refractivity contribution in [2.75, 3.05) is 6.54 Å². The van der Waals surface area contributed by atoms with Gasteiger partial charge in [0.05, 0.1) is 18.7 Å². The van der Waals surface area contributed by atoms with E-state index < -0.39 is 6.10 Å². The van der Waals surface area contributed by atoms with E-state index in [0.29, 0.717) is 11.3 Å². The van der Waals surface area contributed by atoms with Crippen LogP contribution in [0.2, 0.25) is 0 Å². The number of benzene rings is 1. The van der Waals surface area contributed by atoms with Crippen molar-refractivity contribution in [2.24, 2.45) is 0 Å². The summed E-state index contributed by atoms with van der Waals surface area (Å²) >= 11 is 0. The molecule has 0 radical (unpaired) electrons. The number of halogens is 1. The fourth-order valence-corrected chi connectivity index (χ4v) is 2.79. The number of rotatable bonds is 6. The number of amides is 2. The van der Waals surface area contributed by atoms with Gasteiger partial charge in [-0.05, 0) is 56.5 Å². The molecule has 1 aliphatic carbocycles. The molecule has 2 aromatic rings. The molecule has 2 unspecified atom stereocenters. The standard InChI is InChI=1S/C19H23FN2O3/c1-12-3-10-18(25-12)13(2)21-19(24)22(16-8-9-16)11-17(23)14-4-6-15(20)7-5-14/h3-7,10,13,16-17,23H,8-9,11H2,1-2H3,(H,21,24). The van der Waals surface area contributed by atoms with Crippen LogP contribution in [0.15, 0.2) is 40.8 Å². The van der Waals surface area contributed by atoms with E-state index in [-0.39, 0.29) is 30.5 Å². The number of carbonyl (C=O) groups excluding carboxylic acids is 1. The van der Waals surface area contributed by atoms with Gasteiger partial charge in [0.1, 0.15) is 17.3 Å². The van der Waals surface area contributed by atoms with Gasteiger partial charge >= 0.3 is 6.03 Å². The van der Waals surface area contributed by atoms with Gasteiger partial charge in [-0.3, -0.25) is 0 Å². The van der Waals surface area contributed by atoms with Gasteiger partial charge in [-0.1, -0.05) is 12.1 Å². The van der Waals surface area contributed by atoms with E-state index in [0.717, 1.165) is 18.6 Å². The molecule has 1 aliphatic rings. The molecule has 3 rings (SSSR count). The summed E-state index contributed by atoms with van der Waals surface area (Å²) in [6.07, 6.45) is 1.00. The molecule has 0 spiro atoms. The lowest BCUT2D eigenvalue weighted by Gasteiger charge is -2.27. The first-order valence-corrected chi connectivity index (χ1v) is 8.51. The normalized spacial score (nSPS) is 16.3. The highest BCUT2D eigenvalue weighted by molar-refractivity contribution is 5.75. The first-order valence-electron chi connectivity index (χ1n) is 8.51. The van der Waals surface area contributed by atoms with E-state index in [4.69, 9.17) is 4.42 Å². The highest BCUT2D eigenvalue weighted by Crippen LogP contribution is 2.29. The SMILES string of the molecule is Cc1ccc(C(C)NC(=O)N(CC(O)c2ccc(F)cc2)C2CC2)o1. The van der Waals surface area contributed by atoms with Gasteiger partial charge in [-0.2, -0.15) is 0 Å². The monoisotopic (exact) mass is 346 g/mol. The van der Waals surface area contributed by atoms with Crippen molar-refractivity contribution in [3.05, 3.63) is 59.3 Å². The van der Waals surface area contributed by atoms with Crippen LogP contribution in [-0.2, 0) is 0 Å². The quantitative estimate of drug-likeness (QED) is 0.838. The Kier molecular flexibility index (Phi) is 5.08. The van der Waals surface area contributed by atoms with Crippen molar-refractivity contribution in [3.8, 4) is 0 Å². The molecule has 25 heavy (non-hydrogen) atoms. The zero-order valence-electron chi connectivity index (χ0n) is 14.4. The van der Waals surface area contributed by atoms with Crippen LogP contribution in [-0.4, -0.2) is 28.6 Å². The number of nitrogens with zero attached hydrogens (tertiary/aromatic N) is 1. The molecule has 0 aliphatic heterocycles. The molecule has 2 atom stereocenters. The average molecular weight is 346 g/mol. The fraction of sp³-hybridized carbons (Fsp3) is 0.421. The average Bonchev–Trinajstić information content (AvgIpc) is 3.33. The van der Waals surface area contributed by atoms with Crippen molar-refractivity contribution in [1.82, 2.24) is 10.2 Å². The Morgan fingerprint density at radius 3 is 2.56 bits per heavy atom. The fourth-order valence-electron chi connectivity index (χ4n) is 2.79. The first-order chi connectivity index (χ1) is 11.9. The predicted molar refractivity (Wildman–Crippen MR) is 91.5 cm³/mol. The van der Waals surface area contributed by atoms with Crippen molar-refractivity contribution < 1.29 is 18.7 Å². The molecule has 1 aromatic heterocycles. The van der Waals surface area contributed by atoms with Gasteiger partial charge in [0, 0.05) is 6.04 Å². The van der Waals surface area contributed by atoms with Gasteiger partial charge in [0.15, 0.2) is 0 Å². The summed E-state index contributed by atoms with van der Waals surface area (Å²) in [5.74, 6) is 1.14. The lowest BCUT2D eigenvalue weighted by atomic mass is 10.1. The van der Waals surface area contributed by atoms with Crippen LogP contribution in [0.3, 0.4) is 0 Å². The number of aliphatic hydroxyl groups excluding tert-OH is 1. The number of carbonyl (C=O) groups is 1. The molecule has 0 bridgehead atoms. The summed E-state index contributed by atoms with van der Waals surface area (Å²) in [5, 5.41) is 13.3. The first kappa shape index (κ1) is 17.5. The Morgan fingerprint density at radius 2 is 2.00 bits per heavy atom. The van der Waals surface area contributed by atoms with E-state index in [2.05, 4.69) is 5.32 Å². The maximum atomic E-state index is 13.0. The predicted octanol–water partition coefficient (Wildman–Crippen LogP) is 3.70. The Balaban J connectivity index is 1.64. The maximum absolute atomic E-state index is 13.0. The highest BCUT2D eigenvalue weighted by atomic mass is 19.1. The Bertz CT molecular complexity index is 725. The van der Waals surface area contributed by atoms with Crippen molar-refractivity contribution in [1.29, 1.82) is 0 Å². The molecular formula is C19H23FN2O3. The Hall–Kier alpha value is -2.34. The van der Waals surface area contributed by atoms with Crippen LogP contribution in [0.5, 0.6) is 0 Å². The Labute approximate surface area is 146 Å². The molecule has 1 saturated carbocycles. The molecule has 1 fully saturated rings. The van der Waals surface area contributed by atoms with E-state index >= 15 is 0 Å². The third-order valence-electron chi connectivity index (χ3n) is 4.40. The zero-order chi connectivity index (χ0) is 18.0. The van der Waals surface area contributed by atoms with Crippen molar-refractivity contribution in [2.45, 2.75) is 44.9 Å². The minimum atomic E-state index is -0.854. The second-order valence-electron chi connectivity index (χ2n) is 6.57. The van der Waals surface area contributed by atoms with Crippen LogP contribution in [0.4, 0.5) is 9.18 Å². The molecule has 6 heteroatoms. The second kappa shape index (κ2) is 7.27. The molecule has 1 aromatic carbocycles. The summed E-state index contributed by atoms with van der Waals surface area (Å²) in [6.45, 7) is 3.89. The third kappa shape index (κ3) is 4.39. The van der Waals surface area contributed by atoms with Crippen LogP contribution < -0.4 is 5.32 Å². The molecule has 2 N–H and O–H groups in total. The topological polar surface area (TPSA) is 65.7 Å². The lowest BCUT2D eigenvalue weighted by Crippen LogP contribution is -2.44. The summed E-state index contributed by atoms with van der Waals surface area (Å²) in [5.41, 5.74) is 0.592. The summed E-state index contributed by atoms with van der Waals surface area (Å²) < 4.78 is 18.6. The zero-order valence-corrected chi connectivity index (χ0v) is 14.4. The van der Waals surface area contributed by atoms with Crippen LogP contribution in [0, 0.1) is 12.7 Å². The van der Waals surface area contributed by atoms with E-state index in [1.165, 1.54) is 24.3 Å². The minimum absolute atomic E-state index is 0.139. The van der Waals surface area contributed by atoms with Crippen molar-refractivity contribution in [3.63, 3.8) is 0 Å². The molecular weight excluding hydrogens is 323 g/mol. The largest absolute Gasteiger partial charge is 0.464 e. The molecule has 5 nitrogen and oxygen atoms in total. The number of hydrogen-bond donors (Lipinski definition) is 2. The van der Waals surface area contributed by atoms with Crippen molar-refractivity contribution >= 4 is 6.03 Å². The molecule has 134 valence electrons. The molecule has 1 heterocycles. The Morgan fingerprint density at radius 1 is 1.32 bits per heavy atom. The summed E-state index contributed by atoms with van der Waals surface area (Å²) in [6, 6.07) is 9.04. The number of urea groups is 1. The van der Waals surface area contributed by atoms with Gasteiger partial charge in [-0.15, -0.1) is 0 Å². The van der Waals surface area contributed by atoms with E-state index in [1.54, 1.807) is 4.90 Å². The van der Waals surface area contributed by atoms with E-state index in [1.807, 2.05) is 26.0 Å². The van der Waals surface area contributed by atoms with Gasteiger partial charge < -0.3 is 19.7 Å². The minimum Gasteiger partial charge on any atom is -0.464 e. The number of aryl methyl sites for hydroxylation is 1. The van der Waals surface area contributed by atoms with Crippen LogP contribution in [0.1, 0.15) is 49.0 Å². The highest BCUT2D eigenvalue weighted by Gasteiger charge is 2.34. The smallest absolute Gasteiger partial charge is 0.318 e. The molecule has 0 saturated heterocycles. The lowest BCUT2D eigenvalue weighted by molar-refractivity contribution is 0.116. The third-order valence-corrected chi connectivity index (χ3v) is 4.40. The maximum Gasteiger partial charge on any atom is 0.318 e. The molecule has 2 amide bonds. The van der Waals surface area contributed by atoms with Gasteiger partial charge in [-0.25, -0.2) is 9.18 Å². The second-order valence-corrected chi connectivity index (χ2v) is 6.57. The number of nitrogens with one attached hydrogen (secondary N) is 1.